The highest BCUT2D eigenvalue weighted by Gasteiger charge is 2.27. The maximum absolute atomic E-state index is 11.9. The van der Waals surface area contributed by atoms with E-state index in [1.807, 2.05) is 13.8 Å². The lowest BCUT2D eigenvalue weighted by Gasteiger charge is -2.26. The van der Waals surface area contributed by atoms with Crippen molar-refractivity contribution >= 4 is 15.7 Å². The molecule has 0 radical (unpaired) electrons. The monoisotopic (exact) mass is 250 g/mol. The summed E-state index contributed by atoms with van der Waals surface area (Å²) in [6.07, 6.45) is 1.08. The fraction of sp³-hybridized carbons (Fsp3) is 0.900. The molecule has 2 unspecified atom stereocenters. The molecule has 0 aliphatic carbocycles. The molecule has 6 heteroatoms. The van der Waals surface area contributed by atoms with Crippen molar-refractivity contribution in [2.24, 2.45) is 11.7 Å². The smallest absolute Gasteiger partial charge is 0.240 e. The Balaban J connectivity index is 4.66. The zero-order valence-corrected chi connectivity index (χ0v) is 11.3. The van der Waals surface area contributed by atoms with Gasteiger partial charge in [0.25, 0.3) is 0 Å². The van der Waals surface area contributed by atoms with Gasteiger partial charge in [0.15, 0.2) is 9.84 Å². The van der Waals surface area contributed by atoms with Gasteiger partial charge in [0.1, 0.15) is 5.25 Å². The number of sulfone groups is 1. The lowest BCUT2D eigenvalue weighted by Crippen LogP contribution is -2.43. The van der Waals surface area contributed by atoms with Crippen molar-refractivity contribution < 1.29 is 13.2 Å². The third-order valence-corrected chi connectivity index (χ3v) is 4.10. The van der Waals surface area contributed by atoms with Crippen molar-refractivity contribution in [1.29, 1.82) is 0 Å². The summed E-state index contributed by atoms with van der Waals surface area (Å²) in [7, 11) is -3.32. The van der Waals surface area contributed by atoms with Crippen LogP contribution in [0.1, 0.15) is 20.8 Å². The van der Waals surface area contributed by atoms with Gasteiger partial charge in [-0.15, -0.1) is 0 Å². The molecule has 0 bridgehead atoms. The summed E-state index contributed by atoms with van der Waals surface area (Å²) < 4.78 is 22.6. The maximum atomic E-state index is 11.9. The number of hydrogen-bond donors (Lipinski definition) is 1. The first-order valence-corrected chi connectivity index (χ1v) is 7.37. The van der Waals surface area contributed by atoms with Crippen LogP contribution in [-0.2, 0) is 14.6 Å². The van der Waals surface area contributed by atoms with Crippen LogP contribution in [0.4, 0.5) is 0 Å². The Hall–Kier alpha value is -0.620. The zero-order valence-electron chi connectivity index (χ0n) is 10.4. The van der Waals surface area contributed by atoms with Gasteiger partial charge in [-0.1, -0.05) is 6.92 Å². The number of hydrogen-bond acceptors (Lipinski definition) is 4. The van der Waals surface area contributed by atoms with Crippen LogP contribution in [0.2, 0.25) is 0 Å². The predicted octanol–water partition coefficient (Wildman–Crippen LogP) is -0.137. The van der Waals surface area contributed by atoms with Gasteiger partial charge in [-0.25, -0.2) is 8.42 Å². The Bertz CT molecular complexity index is 327. The molecule has 2 atom stereocenters. The molecular formula is C10H22N2O3S. The molecule has 0 spiro atoms. The van der Waals surface area contributed by atoms with E-state index < -0.39 is 15.1 Å². The topological polar surface area (TPSA) is 80.5 Å². The molecule has 0 rings (SSSR count). The largest absolute Gasteiger partial charge is 0.342 e. The second kappa shape index (κ2) is 6.20. The highest BCUT2D eigenvalue weighted by atomic mass is 32.2. The number of amides is 1. The van der Waals surface area contributed by atoms with Gasteiger partial charge < -0.3 is 10.6 Å². The first-order chi connectivity index (χ1) is 7.23. The number of rotatable bonds is 6. The Labute approximate surface area is 97.9 Å². The molecule has 0 saturated heterocycles. The highest BCUT2D eigenvalue weighted by Crippen LogP contribution is 2.06. The molecule has 2 N–H and O–H groups in total. The van der Waals surface area contributed by atoms with Gasteiger partial charge in [-0.2, -0.15) is 0 Å². The fourth-order valence-corrected chi connectivity index (χ4v) is 1.78. The third kappa shape index (κ3) is 4.49. The normalized spacial score (nSPS) is 15.6. The molecule has 1 amide bonds. The van der Waals surface area contributed by atoms with Crippen molar-refractivity contribution in [3.05, 3.63) is 0 Å². The van der Waals surface area contributed by atoms with Crippen molar-refractivity contribution in [2.75, 3.05) is 25.9 Å². The van der Waals surface area contributed by atoms with E-state index in [2.05, 4.69) is 0 Å². The van der Waals surface area contributed by atoms with Gasteiger partial charge in [0.2, 0.25) is 5.91 Å². The van der Waals surface area contributed by atoms with Gasteiger partial charge in [-0.3, -0.25) is 4.79 Å². The average molecular weight is 250 g/mol. The third-order valence-electron chi connectivity index (χ3n) is 2.62. The van der Waals surface area contributed by atoms with E-state index in [0.29, 0.717) is 19.6 Å². The fourth-order valence-electron chi connectivity index (χ4n) is 1.27. The molecule has 5 nitrogen and oxygen atoms in total. The molecule has 0 heterocycles. The summed E-state index contributed by atoms with van der Waals surface area (Å²) in [4.78, 5) is 13.4. The first-order valence-electron chi connectivity index (χ1n) is 5.41. The molecule has 0 aliphatic rings. The molecule has 0 saturated carbocycles. The number of nitrogens with zero attached hydrogens (tertiary/aromatic N) is 1. The van der Waals surface area contributed by atoms with Crippen LogP contribution in [-0.4, -0.2) is 50.4 Å². The van der Waals surface area contributed by atoms with Crippen LogP contribution in [0.3, 0.4) is 0 Å². The van der Waals surface area contributed by atoms with E-state index >= 15 is 0 Å². The molecule has 0 aliphatic heterocycles. The van der Waals surface area contributed by atoms with Crippen LogP contribution in [0.25, 0.3) is 0 Å². The molecule has 0 aromatic rings. The number of carbonyl (C=O) groups excluding carboxylic acids is 1. The average Bonchev–Trinajstić information content (AvgIpc) is 2.22. The minimum atomic E-state index is -3.32. The van der Waals surface area contributed by atoms with Crippen molar-refractivity contribution in [3.8, 4) is 0 Å². The highest BCUT2D eigenvalue weighted by molar-refractivity contribution is 7.92. The van der Waals surface area contributed by atoms with Gasteiger partial charge in [0.05, 0.1) is 0 Å². The number of nitrogens with two attached hydrogens (primary N) is 1. The van der Waals surface area contributed by atoms with Crippen LogP contribution >= 0.6 is 0 Å². The van der Waals surface area contributed by atoms with Gasteiger partial charge in [-0.05, 0) is 26.3 Å². The van der Waals surface area contributed by atoms with Gasteiger partial charge in [0, 0.05) is 19.3 Å². The lowest BCUT2D eigenvalue weighted by atomic mass is 10.1. The second-order valence-electron chi connectivity index (χ2n) is 4.19. The Kier molecular flexibility index (Phi) is 5.96. The van der Waals surface area contributed by atoms with E-state index in [1.54, 1.807) is 4.90 Å². The molecule has 0 aromatic heterocycles. The summed E-state index contributed by atoms with van der Waals surface area (Å²) >= 11 is 0. The second-order valence-corrected chi connectivity index (χ2v) is 6.56. The minimum absolute atomic E-state index is 0.177. The predicted molar refractivity (Wildman–Crippen MR) is 64.8 cm³/mol. The van der Waals surface area contributed by atoms with E-state index in [-0.39, 0.29) is 11.8 Å². The summed E-state index contributed by atoms with van der Waals surface area (Å²) in [6.45, 7) is 6.68. The Morgan fingerprint density at radius 2 is 1.88 bits per heavy atom. The summed E-state index contributed by atoms with van der Waals surface area (Å²) in [6, 6.07) is 0. The molecular weight excluding hydrogens is 228 g/mol. The summed E-state index contributed by atoms with van der Waals surface area (Å²) in [5.41, 5.74) is 5.48. The van der Waals surface area contributed by atoms with Crippen LogP contribution in [0.15, 0.2) is 0 Å². The Morgan fingerprint density at radius 3 is 2.19 bits per heavy atom. The Morgan fingerprint density at radius 1 is 1.38 bits per heavy atom. The van der Waals surface area contributed by atoms with E-state index in [0.717, 1.165) is 6.26 Å². The summed E-state index contributed by atoms with van der Waals surface area (Å²) in [5, 5.41) is -0.975. The van der Waals surface area contributed by atoms with Crippen LogP contribution in [0, 0.1) is 5.92 Å². The molecule has 0 aromatic carbocycles. The SMILES string of the molecule is CCN(CC(C)CN)C(=O)C(C)S(C)(=O)=O. The minimum Gasteiger partial charge on any atom is -0.342 e. The van der Waals surface area contributed by atoms with Crippen molar-refractivity contribution in [2.45, 2.75) is 26.0 Å². The van der Waals surface area contributed by atoms with Crippen molar-refractivity contribution in [1.82, 2.24) is 4.90 Å². The van der Waals surface area contributed by atoms with E-state index in [4.69, 9.17) is 5.73 Å². The molecule has 0 fully saturated rings. The standard InChI is InChI=1S/C10H22N2O3S/c1-5-12(7-8(2)6-11)10(13)9(3)16(4,14)15/h8-9H,5-7,11H2,1-4H3. The molecule has 16 heavy (non-hydrogen) atoms. The van der Waals surface area contributed by atoms with E-state index in [9.17, 15) is 13.2 Å². The van der Waals surface area contributed by atoms with Crippen LogP contribution in [0.5, 0.6) is 0 Å². The first kappa shape index (κ1) is 15.4. The van der Waals surface area contributed by atoms with E-state index in [1.165, 1.54) is 6.92 Å². The molecule has 96 valence electrons. The zero-order chi connectivity index (χ0) is 12.9. The summed E-state index contributed by atoms with van der Waals surface area (Å²) in [5.74, 6) is -0.166. The van der Waals surface area contributed by atoms with Crippen LogP contribution < -0.4 is 5.73 Å². The van der Waals surface area contributed by atoms with Crippen molar-refractivity contribution in [3.63, 3.8) is 0 Å². The van der Waals surface area contributed by atoms with Gasteiger partial charge >= 0.3 is 0 Å². The number of carbonyl (C=O) groups is 1. The maximum Gasteiger partial charge on any atom is 0.240 e. The lowest BCUT2D eigenvalue weighted by molar-refractivity contribution is -0.130. The quantitative estimate of drug-likeness (QED) is 0.711.